The molecule has 2 amide bonds. The third-order valence-corrected chi connectivity index (χ3v) is 2.98. The number of rotatable bonds is 7. The largest absolute Gasteiger partial charge is 0.352 e. The molecule has 2 rings (SSSR count). The lowest BCUT2D eigenvalue weighted by molar-refractivity contribution is -0.380. The fourth-order valence-corrected chi connectivity index (χ4v) is 1.95. The van der Waals surface area contributed by atoms with Crippen LogP contribution >= 0.6 is 0 Å². The quantitative estimate of drug-likeness (QED) is 0.254. The van der Waals surface area contributed by atoms with E-state index in [9.17, 15) is 9.59 Å². The first kappa shape index (κ1) is 17.3. The van der Waals surface area contributed by atoms with Crippen LogP contribution in [0.15, 0.2) is 36.4 Å². The number of amides is 2. The number of imide groups is 1. The number of benzene rings is 1. The van der Waals surface area contributed by atoms with Crippen molar-refractivity contribution in [2.75, 3.05) is 18.3 Å². The number of carbonyl (C=O) groups is 2. The molecule has 0 unspecified atom stereocenters. The van der Waals surface area contributed by atoms with Gasteiger partial charge in [-0.25, -0.2) is 14.7 Å². The standard InChI is InChI=1S/C17H21NO5/c1-17(2,3)23-22-12-21-11-10-13-4-6-14(7-5-13)18-15(19)8-9-16(18)20/h4-9H,10-12H2,1-3H3. The van der Waals surface area contributed by atoms with Crippen LogP contribution in [0.5, 0.6) is 0 Å². The number of hydrogen-bond acceptors (Lipinski definition) is 5. The summed E-state index contributed by atoms with van der Waals surface area (Å²) in [5, 5.41) is 0. The first-order chi connectivity index (χ1) is 10.9. The molecule has 0 aliphatic carbocycles. The highest BCUT2D eigenvalue weighted by molar-refractivity contribution is 6.28. The summed E-state index contributed by atoms with van der Waals surface area (Å²) >= 11 is 0. The number of nitrogens with zero attached hydrogens (tertiary/aromatic N) is 1. The van der Waals surface area contributed by atoms with E-state index >= 15 is 0 Å². The average Bonchev–Trinajstić information content (AvgIpc) is 2.82. The highest BCUT2D eigenvalue weighted by Gasteiger charge is 2.24. The molecule has 0 spiro atoms. The third kappa shape index (κ3) is 5.28. The van der Waals surface area contributed by atoms with E-state index in [2.05, 4.69) is 0 Å². The molecule has 124 valence electrons. The maximum Gasteiger partial charge on any atom is 0.258 e. The zero-order chi connectivity index (χ0) is 16.9. The van der Waals surface area contributed by atoms with Crippen molar-refractivity contribution >= 4 is 17.5 Å². The summed E-state index contributed by atoms with van der Waals surface area (Å²) in [6, 6.07) is 7.23. The summed E-state index contributed by atoms with van der Waals surface area (Å²) < 4.78 is 5.32. The van der Waals surface area contributed by atoms with E-state index in [0.717, 1.165) is 10.5 Å². The van der Waals surface area contributed by atoms with Gasteiger partial charge in [0.05, 0.1) is 17.9 Å². The second-order valence-electron chi connectivity index (χ2n) is 6.10. The normalized spacial score (nSPS) is 14.8. The summed E-state index contributed by atoms with van der Waals surface area (Å²) in [5.74, 6) is -0.635. The van der Waals surface area contributed by atoms with Gasteiger partial charge in [0.25, 0.3) is 11.8 Å². The molecule has 0 bridgehead atoms. The van der Waals surface area contributed by atoms with Crippen molar-refractivity contribution < 1.29 is 24.1 Å². The van der Waals surface area contributed by atoms with Crippen molar-refractivity contribution in [3.8, 4) is 0 Å². The van der Waals surface area contributed by atoms with Gasteiger partial charge in [0, 0.05) is 12.2 Å². The lowest BCUT2D eigenvalue weighted by Gasteiger charge is -2.17. The van der Waals surface area contributed by atoms with Crippen LogP contribution < -0.4 is 4.90 Å². The molecule has 1 heterocycles. The number of anilines is 1. The molecule has 6 nitrogen and oxygen atoms in total. The Kier molecular flexibility index (Phi) is 5.65. The molecule has 0 N–H and O–H groups in total. The van der Waals surface area contributed by atoms with Gasteiger partial charge in [-0.2, -0.15) is 0 Å². The van der Waals surface area contributed by atoms with Crippen LogP contribution in [0.4, 0.5) is 5.69 Å². The van der Waals surface area contributed by atoms with Crippen molar-refractivity contribution in [1.82, 2.24) is 0 Å². The van der Waals surface area contributed by atoms with Crippen molar-refractivity contribution in [3.63, 3.8) is 0 Å². The van der Waals surface area contributed by atoms with Crippen molar-refractivity contribution in [2.24, 2.45) is 0 Å². The molecular formula is C17H21NO5. The van der Waals surface area contributed by atoms with Gasteiger partial charge in [-0.3, -0.25) is 9.59 Å². The fraction of sp³-hybridized carbons (Fsp3) is 0.412. The van der Waals surface area contributed by atoms with Crippen LogP contribution in [-0.2, 0) is 30.5 Å². The van der Waals surface area contributed by atoms with E-state index in [0.29, 0.717) is 18.7 Å². The van der Waals surface area contributed by atoms with Crippen molar-refractivity contribution in [1.29, 1.82) is 0 Å². The lowest BCUT2D eigenvalue weighted by Crippen LogP contribution is -2.29. The van der Waals surface area contributed by atoms with Gasteiger partial charge in [0.2, 0.25) is 0 Å². The minimum Gasteiger partial charge on any atom is -0.352 e. The molecule has 1 aliphatic rings. The van der Waals surface area contributed by atoms with Gasteiger partial charge >= 0.3 is 0 Å². The molecule has 6 heteroatoms. The predicted molar refractivity (Wildman–Crippen MR) is 84.5 cm³/mol. The molecule has 1 aromatic rings. The van der Waals surface area contributed by atoms with Crippen LogP contribution in [0.3, 0.4) is 0 Å². The molecule has 0 saturated heterocycles. The Hall–Kier alpha value is -2.02. The summed E-state index contributed by atoms with van der Waals surface area (Å²) in [5.41, 5.74) is 1.24. The van der Waals surface area contributed by atoms with Crippen LogP contribution in [0, 0.1) is 0 Å². The first-order valence-electron chi connectivity index (χ1n) is 7.40. The van der Waals surface area contributed by atoms with Gasteiger partial charge in [0.15, 0.2) is 6.79 Å². The van der Waals surface area contributed by atoms with Crippen LogP contribution in [0.1, 0.15) is 26.3 Å². The Morgan fingerprint density at radius 2 is 1.61 bits per heavy atom. The monoisotopic (exact) mass is 319 g/mol. The zero-order valence-electron chi connectivity index (χ0n) is 13.6. The number of ether oxygens (including phenoxy) is 1. The van der Waals surface area contributed by atoms with Crippen LogP contribution in [0.25, 0.3) is 0 Å². The van der Waals surface area contributed by atoms with Crippen LogP contribution in [-0.4, -0.2) is 30.8 Å². The molecule has 0 saturated carbocycles. The Balaban J connectivity index is 1.73. The summed E-state index contributed by atoms with van der Waals surface area (Å²) in [6.45, 7) is 6.22. The molecular weight excluding hydrogens is 298 g/mol. The second kappa shape index (κ2) is 7.50. The summed E-state index contributed by atoms with van der Waals surface area (Å²) in [6.07, 6.45) is 3.23. The van der Waals surface area contributed by atoms with Gasteiger partial charge in [-0.1, -0.05) is 12.1 Å². The highest BCUT2D eigenvalue weighted by Crippen LogP contribution is 2.19. The topological polar surface area (TPSA) is 65.1 Å². The Morgan fingerprint density at radius 3 is 2.17 bits per heavy atom. The van der Waals surface area contributed by atoms with Crippen LogP contribution in [0.2, 0.25) is 0 Å². The number of carbonyl (C=O) groups excluding carboxylic acids is 2. The predicted octanol–water partition coefficient (Wildman–Crippen LogP) is 2.38. The number of hydrogen-bond donors (Lipinski definition) is 0. The maximum absolute atomic E-state index is 11.6. The maximum atomic E-state index is 11.6. The molecule has 0 radical (unpaired) electrons. The Morgan fingerprint density at radius 1 is 1.00 bits per heavy atom. The summed E-state index contributed by atoms with van der Waals surface area (Å²) in [4.78, 5) is 34.3. The van der Waals surface area contributed by atoms with E-state index in [4.69, 9.17) is 14.5 Å². The SMILES string of the molecule is CC(C)(C)OOCOCCc1ccc(N2C(=O)C=CC2=O)cc1. The van der Waals surface area contributed by atoms with Gasteiger partial charge in [-0.05, 0) is 44.9 Å². The van der Waals surface area contributed by atoms with Gasteiger partial charge < -0.3 is 4.74 Å². The van der Waals surface area contributed by atoms with Crippen molar-refractivity contribution in [3.05, 3.63) is 42.0 Å². The Bertz CT molecular complexity index is 568. The minimum atomic E-state index is -0.363. The molecule has 23 heavy (non-hydrogen) atoms. The van der Waals surface area contributed by atoms with E-state index < -0.39 is 0 Å². The van der Waals surface area contributed by atoms with Gasteiger partial charge in [0.1, 0.15) is 0 Å². The Labute approximate surface area is 135 Å². The fourth-order valence-electron chi connectivity index (χ4n) is 1.95. The molecule has 0 atom stereocenters. The van der Waals surface area contributed by atoms with E-state index in [-0.39, 0.29) is 24.2 Å². The average molecular weight is 319 g/mol. The summed E-state index contributed by atoms with van der Waals surface area (Å²) in [7, 11) is 0. The van der Waals surface area contributed by atoms with E-state index in [1.807, 2.05) is 32.9 Å². The smallest absolute Gasteiger partial charge is 0.258 e. The minimum absolute atomic E-state index is 0.0673. The molecule has 0 fully saturated rings. The van der Waals surface area contributed by atoms with E-state index in [1.54, 1.807) is 12.1 Å². The van der Waals surface area contributed by atoms with Crippen molar-refractivity contribution in [2.45, 2.75) is 32.8 Å². The molecule has 1 aliphatic heterocycles. The zero-order valence-corrected chi connectivity index (χ0v) is 13.6. The molecule has 0 aromatic heterocycles. The first-order valence-corrected chi connectivity index (χ1v) is 7.40. The third-order valence-electron chi connectivity index (χ3n) is 2.98. The lowest BCUT2D eigenvalue weighted by atomic mass is 10.1. The van der Waals surface area contributed by atoms with E-state index in [1.165, 1.54) is 12.2 Å². The highest BCUT2D eigenvalue weighted by atomic mass is 17.2. The van der Waals surface area contributed by atoms with Gasteiger partial charge in [-0.15, -0.1) is 0 Å². The second-order valence-corrected chi connectivity index (χ2v) is 6.10. The molecule has 1 aromatic carbocycles.